The van der Waals surface area contributed by atoms with E-state index in [2.05, 4.69) is 32.9 Å². The van der Waals surface area contributed by atoms with Crippen LogP contribution in [-0.4, -0.2) is 35.0 Å². The number of aromatic amines is 1. The van der Waals surface area contributed by atoms with Crippen LogP contribution in [0.1, 0.15) is 24.6 Å². The number of likely N-dealkylation sites (tertiary alicyclic amines) is 1. The standard InChI is InChI=1S/C16H16BrN3O2/c1-20-6-4-9(5-7-20)15-18-13-11-8-10(17)2-3-12(11)22-14(13)16(21)19-15/h2-3,8-9H,4-7H2,1H3,(H,18,19,21). The molecule has 0 unspecified atom stereocenters. The highest BCUT2D eigenvalue weighted by atomic mass is 79.9. The lowest BCUT2D eigenvalue weighted by Crippen LogP contribution is -2.30. The van der Waals surface area contributed by atoms with Gasteiger partial charge in [-0.1, -0.05) is 15.9 Å². The first-order valence-electron chi connectivity index (χ1n) is 7.42. The van der Waals surface area contributed by atoms with E-state index in [9.17, 15) is 4.79 Å². The van der Waals surface area contributed by atoms with Crippen LogP contribution in [0.4, 0.5) is 0 Å². The topological polar surface area (TPSA) is 62.1 Å². The van der Waals surface area contributed by atoms with Crippen molar-refractivity contribution in [3.8, 4) is 0 Å². The minimum Gasteiger partial charge on any atom is -0.449 e. The zero-order valence-electron chi connectivity index (χ0n) is 12.2. The molecule has 0 spiro atoms. The smallest absolute Gasteiger partial charge is 0.294 e. The van der Waals surface area contributed by atoms with E-state index in [1.54, 1.807) is 0 Å². The first kappa shape index (κ1) is 14.0. The lowest BCUT2D eigenvalue weighted by molar-refractivity contribution is 0.251. The van der Waals surface area contributed by atoms with Gasteiger partial charge in [0.05, 0.1) is 0 Å². The SMILES string of the molecule is CN1CCC(c2nc3c(oc4ccc(Br)cc43)c(=O)[nH]2)CC1. The van der Waals surface area contributed by atoms with Gasteiger partial charge in [0.25, 0.3) is 5.56 Å². The molecule has 1 aliphatic heterocycles. The van der Waals surface area contributed by atoms with Gasteiger partial charge in [0.15, 0.2) is 0 Å². The largest absolute Gasteiger partial charge is 0.449 e. The Bertz CT molecular complexity index is 907. The Hall–Kier alpha value is -1.66. The second-order valence-electron chi connectivity index (χ2n) is 5.95. The monoisotopic (exact) mass is 361 g/mol. The van der Waals surface area contributed by atoms with E-state index < -0.39 is 0 Å². The number of halogens is 1. The molecular weight excluding hydrogens is 346 g/mol. The summed E-state index contributed by atoms with van der Waals surface area (Å²) in [7, 11) is 2.12. The van der Waals surface area contributed by atoms with Crippen LogP contribution in [0.2, 0.25) is 0 Å². The summed E-state index contributed by atoms with van der Waals surface area (Å²) in [6, 6.07) is 5.71. The van der Waals surface area contributed by atoms with Gasteiger partial charge in [0.1, 0.15) is 16.9 Å². The molecule has 4 rings (SSSR count). The van der Waals surface area contributed by atoms with Crippen molar-refractivity contribution in [2.45, 2.75) is 18.8 Å². The van der Waals surface area contributed by atoms with Crippen LogP contribution in [0.15, 0.2) is 31.9 Å². The second-order valence-corrected chi connectivity index (χ2v) is 6.86. The molecular formula is C16H16BrN3O2. The Kier molecular flexibility index (Phi) is 3.31. The van der Waals surface area contributed by atoms with Gasteiger partial charge in [-0.3, -0.25) is 4.79 Å². The highest BCUT2D eigenvalue weighted by molar-refractivity contribution is 9.10. The van der Waals surface area contributed by atoms with Crippen LogP contribution >= 0.6 is 15.9 Å². The van der Waals surface area contributed by atoms with Crippen LogP contribution in [0.25, 0.3) is 22.1 Å². The fourth-order valence-electron chi connectivity index (χ4n) is 3.12. The van der Waals surface area contributed by atoms with Crippen molar-refractivity contribution in [2.75, 3.05) is 20.1 Å². The summed E-state index contributed by atoms with van der Waals surface area (Å²) in [4.78, 5) is 22.3. The summed E-state index contributed by atoms with van der Waals surface area (Å²) >= 11 is 3.46. The van der Waals surface area contributed by atoms with Gasteiger partial charge in [0, 0.05) is 15.8 Å². The van der Waals surface area contributed by atoms with Crippen LogP contribution < -0.4 is 5.56 Å². The van der Waals surface area contributed by atoms with Crippen LogP contribution in [0.3, 0.4) is 0 Å². The quantitative estimate of drug-likeness (QED) is 0.722. The van der Waals surface area contributed by atoms with Crippen molar-refractivity contribution in [1.82, 2.24) is 14.9 Å². The van der Waals surface area contributed by atoms with E-state index in [1.807, 2.05) is 18.2 Å². The summed E-state index contributed by atoms with van der Waals surface area (Å²) in [6.07, 6.45) is 2.04. The summed E-state index contributed by atoms with van der Waals surface area (Å²) in [5.74, 6) is 1.10. The highest BCUT2D eigenvalue weighted by Gasteiger charge is 2.22. The molecule has 2 aromatic heterocycles. The van der Waals surface area contributed by atoms with Crippen LogP contribution in [-0.2, 0) is 0 Å². The van der Waals surface area contributed by atoms with Crippen LogP contribution in [0, 0.1) is 0 Å². The predicted molar refractivity (Wildman–Crippen MR) is 89.3 cm³/mol. The summed E-state index contributed by atoms with van der Waals surface area (Å²) < 4.78 is 6.61. The average molecular weight is 362 g/mol. The Morgan fingerprint density at radius 1 is 1.36 bits per heavy atom. The first-order valence-corrected chi connectivity index (χ1v) is 8.21. The number of hydrogen-bond donors (Lipinski definition) is 1. The fourth-order valence-corrected chi connectivity index (χ4v) is 3.48. The Labute approximate surface area is 135 Å². The van der Waals surface area contributed by atoms with E-state index in [1.165, 1.54) is 0 Å². The molecule has 22 heavy (non-hydrogen) atoms. The highest BCUT2D eigenvalue weighted by Crippen LogP contribution is 2.30. The van der Waals surface area contributed by atoms with E-state index in [-0.39, 0.29) is 5.56 Å². The third kappa shape index (κ3) is 2.27. The molecule has 0 bridgehead atoms. The summed E-state index contributed by atoms with van der Waals surface area (Å²) in [5.41, 5.74) is 1.47. The third-order valence-electron chi connectivity index (χ3n) is 4.41. The van der Waals surface area contributed by atoms with Gasteiger partial charge in [0.2, 0.25) is 5.58 Å². The number of hydrogen-bond acceptors (Lipinski definition) is 4. The maximum atomic E-state index is 12.3. The molecule has 6 heteroatoms. The third-order valence-corrected chi connectivity index (χ3v) is 4.90. The Morgan fingerprint density at radius 2 is 2.14 bits per heavy atom. The lowest BCUT2D eigenvalue weighted by Gasteiger charge is -2.28. The number of aromatic nitrogens is 2. The molecule has 3 aromatic rings. The van der Waals surface area contributed by atoms with Crippen molar-refractivity contribution in [1.29, 1.82) is 0 Å². The minimum absolute atomic E-state index is 0.189. The average Bonchev–Trinajstić information content (AvgIpc) is 2.87. The fraction of sp³-hybridized carbons (Fsp3) is 0.375. The Balaban J connectivity index is 1.89. The first-order chi connectivity index (χ1) is 10.6. The minimum atomic E-state index is -0.189. The van der Waals surface area contributed by atoms with E-state index in [0.717, 1.165) is 41.6 Å². The van der Waals surface area contributed by atoms with Crippen molar-refractivity contribution in [3.63, 3.8) is 0 Å². The van der Waals surface area contributed by atoms with Gasteiger partial charge < -0.3 is 14.3 Å². The molecule has 1 aliphatic rings. The normalized spacial score (nSPS) is 17.5. The number of furan rings is 1. The second kappa shape index (κ2) is 5.21. The molecule has 5 nitrogen and oxygen atoms in total. The van der Waals surface area contributed by atoms with Gasteiger partial charge in [-0.2, -0.15) is 0 Å². The Morgan fingerprint density at radius 3 is 2.91 bits per heavy atom. The van der Waals surface area contributed by atoms with Crippen molar-refractivity contribution >= 4 is 38.0 Å². The van der Waals surface area contributed by atoms with Crippen molar-refractivity contribution < 1.29 is 4.42 Å². The van der Waals surface area contributed by atoms with E-state index in [0.29, 0.717) is 22.6 Å². The number of rotatable bonds is 1. The van der Waals surface area contributed by atoms with Crippen LogP contribution in [0.5, 0.6) is 0 Å². The van der Waals surface area contributed by atoms with Crippen molar-refractivity contribution in [2.24, 2.45) is 0 Å². The number of fused-ring (bicyclic) bond motifs is 3. The van der Waals surface area contributed by atoms with Gasteiger partial charge in [-0.05, 0) is 51.2 Å². The zero-order valence-corrected chi connectivity index (χ0v) is 13.8. The number of benzene rings is 1. The van der Waals surface area contributed by atoms with Gasteiger partial charge in [-0.15, -0.1) is 0 Å². The molecule has 3 heterocycles. The lowest BCUT2D eigenvalue weighted by atomic mass is 9.96. The summed E-state index contributed by atoms with van der Waals surface area (Å²) in [6.45, 7) is 2.06. The maximum Gasteiger partial charge on any atom is 0.294 e. The van der Waals surface area contributed by atoms with Gasteiger partial charge in [-0.25, -0.2) is 4.98 Å². The molecule has 0 atom stereocenters. The molecule has 1 N–H and O–H groups in total. The predicted octanol–water partition coefficient (Wildman–Crippen LogP) is 3.24. The number of nitrogens with one attached hydrogen (secondary N) is 1. The zero-order chi connectivity index (χ0) is 15.3. The molecule has 1 saturated heterocycles. The molecule has 0 saturated carbocycles. The molecule has 0 radical (unpaired) electrons. The molecule has 0 aliphatic carbocycles. The number of piperidine rings is 1. The molecule has 1 aromatic carbocycles. The molecule has 114 valence electrons. The van der Waals surface area contributed by atoms with E-state index >= 15 is 0 Å². The molecule has 1 fully saturated rings. The number of H-pyrrole nitrogens is 1. The maximum absolute atomic E-state index is 12.3. The van der Waals surface area contributed by atoms with Crippen molar-refractivity contribution in [3.05, 3.63) is 38.9 Å². The van der Waals surface area contributed by atoms with Gasteiger partial charge >= 0.3 is 0 Å². The molecule has 0 amide bonds. The van der Waals surface area contributed by atoms with E-state index in [4.69, 9.17) is 9.40 Å². The number of nitrogens with zero attached hydrogens (tertiary/aromatic N) is 2. The summed E-state index contributed by atoms with van der Waals surface area (Å²) in [5, 5.41) is 0.879.